The summed E-state index contributed by atoms with van der Waals surface area (Å²) in [6.45, 7) is 8.24. The number of nitrogens with zero attached hydrogens (tertiary/aromatic N) is 1. The van der Waals surface area contributed by atoms with Crippen LogP contribution in [0.25, 0.3) is 0 Å². The highest BCUT2D eigenvalue weighted by atomic mass is 35.5. The summed E-state index contributed by atoms with van der Waals surface area (Å²) in [5.74, 6) is -0.0389. The van der Waals surface area contributed by atoms with Crippen LogP contribution in [0, 0.1) is 0 Å². The third-order valence-electron chi connectivity index (χ3n) is 3.32. The summed E-state index contributed by atoms with van der Waals surface area (Å²) in [6, 6.07) is 10.6. The molecule has 21 heavy (non-hydrogen) atoms. The van der Waals surface area contributed by atoms with Crippen molar-refractivity contribution in [3.8, 4) is 0 Å². The third-order valence-corrected chi connectivity index (χ3v) is 3.32. The quantitative estimate of drug-likeness (QED) is 0.400. The van der Waals surface area contributed by atoms with Crippen LogP contribution in [0.4, 0.5) is 0 Å². The number of unbranched alkanes of at least 4 members (excludes halogenated alkanes) is 1. The van der Waals surface area contributed by atoms with Crippen molar-refractivity contribution in [2.24, 2.45) is 0 Å². The van der Waals surface area contributed by atoms with E-state index in [9.17, 15) is 4.79 Å². The van der Waals surface area contributed by atoms with E-state index in [1.807, 2.05) is 6.07 Å². The number of hydrogen-bond acceptors (Lipinski definition) is 1. The van der Waals surface area contributed by atoms with Gasteiger partial charge in [-0.3, -0.25) is 4.79 Å². The predicted molar refractivity (Wildman–Crippen MR) is 84.2 cm³/mol. The Labute approximate surface area is 135 Å². The fourth-order valence-corrected chi connectivity index (χ4v) is 2.17. The molecule has 0 bridgehead atoms. The van der Waals surface area contributed by atoms with E-state index in [0.717, 1.165) is 37.0 Å². The highest BCUT2D eigenvalue weighted by molar-refractivity contribution is 5.91. The van der Waals surface area contributed by atoms with Crippen molar-refractivity contribution in [1.82, 2.24) is 5.32 Å². The maximum Gasteiger partial charge on any atom is 0.246 e. The smallest absolute Gasteiger partial charge is 0.246 e. The van der Waals surface area contributed by atoms with E-state index in [4.69, 9.17) is 0 Å². The molecule has 0 atom stereocenters. The monoisotopic (exact) mass is 310 g/mol. The van der Waals surface area contributed by atoms with Gasteiger partial charge in [0.1, 0.15) is 6.54 Å². The van der Waals surface area contributed by atoms with Crippen LogP contribution in [0.15, 0.2) is 42.5 Å². The number of nitrogens with one attached hydrogen (secondary N) is 1. The second-order valence-electron chi connectivity index (χ2n) is 6.05. The average Bonchev–Trinajstić information content (AvgIpc) is 2.38. The van der Waals surface area contributed by atoms with Crippen molar-refractivity contribution in [2.45, 2.75) is 26.3 Å². The van der Waals surface area contributed by atoms with Crippen molar-refractivity contribution >= 4 is 5.91 Å². The maximum absolute atomic E-state index is 11.3. The number of benzene rings is 1. The standard InChI is InChI=1S/C17H26N2O.ClH/c1-15(2)17(20)18-12-8-9-13-19(3,4)14-16-10-6-5-7-11-16;/h5-7,10-11H,1,8-9,12-14H2,2-4H3;1H. The van der Waals surface area contributed by atoms with Gasteiger partial charge in [-0.2, -0.15) is 0 Å². The molecular formula is C17H27ClN2O. The second-order valence-corrected chi connectivity index (χ2v) is 6.05. The molecule has 1 aromatic carbocycles. The number of quaternary nitrogens is 1. The van der Waals surface area contributed by atoms with Crippen molar-refractivity contribution < 1.29 is 21.7 Å². The largest absolute Gasteiger partial charge is 1.00 e. The summed E-state index contributed by atoms with van der Waals surface area (Å²) in [5, 5.41) is 2.87. The first-order valence-corrected chi connectivity index (χ1v) is 7.20. The molecule has 1 aromatic rings. The van der Waals surface area contributed by atoms with Gasteiger partial charge in [-0.05, 0) is 19.8 Å². The molecule has 0 heterocycles. The molecule has 1 N–H and O–H groups in total. The summed E-state index contributed by atoms with van der Waals surface area (Å²) in [6.07, 6.45) is 2.12. The Morgan fingerprint density at radius 3 is 2.38 bits per heavy atom. The summed E-state index contributed by atoms with van der Waals surface area (Å²) < 4.78 is 0.971. The van der Waals surface area contributed by atoms with Gasteiger partial charge >= 0.3 is 0 Å². The van der Waals surface area contributed by atoms with Crippen LogP contribution in [0.5, 0.6) is 0 Å². The average molecular weight is 311 g/mol. The van der Waals surface area contributed by atoms with Gasteiger partial charge in [-0.15, -0.1) is 0 Å². The zero-order valence-corrected chi connectivity index (χ0v) is 14.1. The van der Waals surface area contributed by atoms with E-state index in [0.29, 0.717) is 5.57 Å². The van der Waals surface area contributed by atoms with Gasteiger partial charge in [0.05, 0.1) is 20.6 Å². The Hall–Kier alpha value is -1.32. The summed E-state index contributed by atoms with van der Waals surface area (Å²) in [7, 11) is 4.50. The lowest BCUT2D eigenvalue weighted by Crippen LogP contribution is -3.00. The lowest BCUT2D eigenvalue weighted by molar-refractivity contribution is -0.903. The molecule has 0 aliphatic carbocycles. The first-order chi connectivity index (χ1) is 9.41. The fraction of sp³-hybridized carbons (Fsp3) is 0.471. The van der Waals surface area contributed by atoms with Crippen LogP contribution < -0.4 is 17.7 Å². The minimum absolute atomic E-state index is 0. The molecule has 0 saturated heterocycles. The van der Waals surface area contributed by atoms with Crippen LogP contribution >= 0.6 is 0 Å². The Balaban J connectivity index is 0.00000400. The maximum atomic E-state index is 11.3. The van der Waals surface area contributed by atoms with Crippen molar-refractivity contribution in [1.29, 1.82) is 0 Å². The first-order valence-electron chi connectivity index (χ1n) is 7.20. The van der Waals surface area contributed by atoms with Crippen LogP contribution in [0.3, 0.4) is 0 Å². The molecule has 0 fully saturated rings. The van der Waals surface area contributed by atoms with E-state index in [-0.39, 0.29) is 18.3 Å². The molecule has 0 aliphatic rings. The lowest BCUT2D eigenvalue weighted by Gasteiger charge is -2.30. The molecule has 0 aromatic heterocycles. The molecule has 0 spiro atoms. The lowest BCUT2D eigenvalue weighted by atomic mass is 10.2. The zero-order valence-electron chi connectivity index (χ0n) is 13.4. The van der Waals surface area contributed by atoms with E-state index in [1.165, 1.54) is 5.56 Å². The predicted octanol–water partition coefficient (Wildman–Crippen LogP) is -0.260. The van der Waals surface area contributed by atoms with Gasteiger partial charge in [0, 0.05) is 17.7 Å². The van der Waals surface area contributed by atoms with Gasteiger partial charge in [-0.25, -0.2) is 0 Å². The van der Waals surface area contributed by atoms with Crippen molar-refractivity contribution in [2.75, 3.05) is 27.2 Å². The van der Waals surface area contributed by atoms with Gasteiger partial charge in [0.15, 0.2) is 0 Å². The highest BCUT2D eigenvalue weighted by Gasteiger charge is 2.15. The normalized spacial score (nSPS) is 10.6. The topological polar surface area (TPSA) is 29.1 Å². The Morgan fingerprint density at radius 2 is 1.81 bits per heavy atom. The number of halogens is 1. The van der Waals surface area contributed by atoms with Crippen molar-refractivity contribution in [3.63, 3.8) is 0 Å². The molecule has 4 heteroatoms. The van der Waals surface area contributed by atoms with Crippen LogP contribution in [-0.2, 0) is 11.3 Å². The molecule has 0 unspecified atom stereocenters. The van der Waals surface area contributed by atoms with Gasteiger partial charge < -0.3 is 22.2 Å². The minimum Gasteiger partial charge on any atom is -1.00 e. The number of rotatable bonds is 8. The number of carbonyl (C=O) groups is 1. The molecule has 0 radical (unpaired) electrons. The van der Waals surface area contributed by atoms with E-state index >= 15 is 0 Å². The van der Waals surface area contributed by atoms with Crippen LogP contribution in [0.1, 0.15) is 25.3 Å². The molecule has 118 valence electrons. The zero-order chi connectivity index (χ0) is 15.0. The summed E-state index contributed by atoms with van der Waals surface area (Å²) >= 11 is 0. The number of amides is 1. The summed E-state index contributed by atoms with van der Waals surface area (Å²) in [4.78, 5) is 11.3. The van der Waals surface area contributed by atoms with Crippen molar-refractivity contribution in [3.05, 3.63) is 48.0 Å². The van der Waals surface area contributed by atoms with E-state index in [1.54, 1.807) is 6.92 Å². The Kier molecular flexibility index (Phi) is 8.98. The molecule has 0 aliphatic heterocycles. The number of carbonyl (C=O) groups excluding carboxylic acids is 1. The van der Waals surface area contributed by atoms with Gasteiger partial charge in [0.2, 0.25) is 5.91 Å². The molecule has 1 rings (SSSR count). The fourth-order valence-electron chi connectivity index (χ4n) is 2.17. The highest BCUT2D eigenvalue weighted by Crippen LogP contribution is 2.10. The SMILES string of the molecule is C=C(C)C(=O)NCCCC[N+](C)(C)Cc1ccccc1.[Cl-]. The third kappa shape index (κ3) is 8.53. The van der Waals surface area contributed by atoms with Crippen LogP contribution in [0.2, 0.25) is 0 Å². The van der Waals surface area contributed by atoms with Crippen LogP contribution in [-0.4, -0.2) is 37.6 Å². The minimum atomic E-state index is -0.0389. The Bertz CT molecular complexity index is 443. The van der Waals surface area contributed by atoms with E-state index in [2.05, 4.69) is 50.3 Å². The van der Waals surface area contributed by atoms with Gasteiger partial charge in [-0.1, -0.05) is 36.9 Å². The molecule has 1 amide bonds. The second kappa shape index (κ2) is 9.59. The first kappa shape index (κ1) is 19.7. The molecule has 3 nitrogen and oxygen atoms in total. The van der Waals surface area contributed by atoms with E-state index < -0.39 is 0 Å². The molecule has 0 saturated carbocycles. The molecular weight excluding hydrogens is 284 g/mol. The number of hydrogen-bond donors (Lipinski definition) is 1. The Morgan fingerprint density at radius 1 is 1.19 bits per heavy atom. The summed E-state index contributed by atoms with van der Waals surface area (Å²) in [5.41, 5.74) is 1.94. The van der Waals surface area contributed by atoms with Gasteiger partial charge in [0.25, 0.3) is 0 Å².